The van der Waals surface area contributed by atoms with Crippen molar-refractivity contribution in [3.8, 4) is 0 Å². The number of hydrogen-bond donors (Lipinski definition) is 2. The quantitative estimate of drug-likeness (QED) is 0.652. The van der Waals surface area contributed by atoms with E-state index in [-0.39, 0.29) is 11.9 Å². The number of aromatic nitrogens is 3. The number of rotatable bonds is 6. The van der Waals surface area contributed by atoms with Gasteiger partial charge in [0.15, 0.2) is 0 Å². The van der Waals surface area contributed by atoms with Crippen LogP contribution >= 0.6 is 11.6 Å². The Labute approximate surface area is 86.3 Å². The Morgan fingerprint density at radius 2 is 2.36 bits per heavy atom. The normalized spacial score (nSPS) is 10.1. The fraction of sp³-hybridized carbons (Fsp3) is 0.571. The smallest absolute Gasteiger partial charge is 0.244 e. The molecule has 0 unspecified atom stereocenters. The lowest BCUT2D eigenvalue weighted by molar-refractivity contribution is 0.0992. The summed E-state index contributed by atoms with van der Waals surface area (Å²) in [7, 11) is 0. The standard InChI is InChI=1S/C7H11ClN4O2/c8-7-11-6(5-10-12-7)9-1-3-14-4-2-13/h5,13H,1-4H2,(H,9,11,12). The third-order valence-electron chi connectivity index (χ3n) is 1.32. The van der Waals surface area contributed by atoms with Crippen LogP contribution in [-0.4, -0.2) is 46.7 Å². The molecule has 6 nitrogen and oxygen atoms in total. The summed E-state index contributed by atoms with van der Waals surface area (Å²) in [5.74, 6) is 0.553. The number of aliphatic hydroxyl groups excluding tert-OH is 1. The lowest BCUT2D eigenvalue weighted by Crippen LogP contribution is -2.12. The van der Waals surface area contributed by atoms with Gasteiger partial charge in [-0.1, -0.05) is 0 Å². The third kappa shape index (κ3) is 4.31. The topological polar surface area (TPSA) is 80.2 Å². The molecule has 14 heavy (non-hydrogen) atoms. The summed E-state index contributed by atoms with van der Waals surface area (Å²) in [4.78, 5) is 3.87. The van der Waals surface area contributed by atoms with Crippen molar-refractivity contribution in [3.63, 3.8) is 0 Å². The second-order valence-electron chi connectivity index (χ2n) is 2.37. The summed E-state index contributed by atoms with van der Waals surface area (Å²) in [6.07, 6.45) is 1.47. The van der Waals surface area contributed by atoms with Crippen molar-refractivity contribution in [2.75, 3.05) is 31.7 Å². The molecule has 0 atom stereocenters. The van der Waals surface area contributed by atoms with E-state index < -0.39 is 0 Å². The average Bonchev–Trinajstić information content (AvgIpc) is 2.18. The van der Waals surface area contributed by atoms with Crippen LogP contribution in [0.5, 0.6) is 0 Å². The Hall–Kier alpha value is -0.980. The number of halogens is 1. The highest BCUT2D eigenvalue weighted by atomic mass is 35.5. The molecule has 0 fully saturated rings. The highest BCUT2D eigenvalue weighted by Gasteiger charge is 1.96. The first-order chi connectivity index (χ1) is 6.83. The SMILES string of the molecule is OCCOCCNc1cnnc(Cl)n1. The zero-order valence-corrected chi connectivity index (χ0v) is 8.24. The lowest BCUT2D eigenvalue weighted by atomic mass is 10.6. The average molecular weight is 219 g/mol. The maximum atomic E-state index is 8.43. The Balaban J connectivity index is 2.18. The predicted octanol–water partition coefficient (Wildman–Crippen LogP) is -0.0542. The molecule has 78 valence electrons. The van der Waals surface area contributed by atoms with Crippen LogP contribution in [0.3, 0.4) is 0 Å². The molecule has 1 rings (SSSR count). The lowest BCUT2D eigenvalue weighted by Gasteiger charge is -2.04. The molecular weight excluding hydrogens is 208 g/mol. The Kier molecular flexibility index (Phi) is 5.13. The van der Waals surface area contributed by atoms with Crippen molar-refractivity contribution in [2.24, 2.45) is 0 Å². The molecule has 0 amide bonds. The molecular formula is C7H11ClN4O2. The van der Waals surface area contributed by atoms with E-state index in [0.29, 0.717) is 25.6 Å². The zero-order valence-electron chi connectivity index (χ0n) is 7.48. The molecule has 0 aliphatic carbocycles. The van der Waals surface area contributed by atoms with Crippen molar-refractivity contribution in [2.45, 2.75) is 0 Å². The second-order valence-corrected chi connectivity index (χ2v) is 2.71. The van der Waals surface area contributed by atoms with Crippen molar-refractivity contribution in [3.05, 3.63) is 11.5 Å². The van der Waals surface area contributed by atoms with Gasteiger partial charge in [-0.2, -0.15) is 10.1 Å². The number of anilines is 1. The van der Waals surface area contributed by atoms with E-state index >= 15 is 0 Å². The van der Waals surface area contributed by atoms with Crippen LogP contribution < -0.4 is 5.32 Å². The van der Waals surface area contributed by atoms with Crippen molar-refractivity contribution in [1.82, 2.24) is 15.2 Å². The minimum atomic E-state index is 0.0287. The molecule has 0 saturated carbocycles. The van der Waals surface area contributed by atoms with E-state index in [1.807, 2.05) is 0 Å². The largest absolute Gasteiger partial charge is 0.394 e. The summed E-state index contributed by atoms with van der Waals surface area (Å²) < 4.78 is 5.03. The minimum absolute atomic E-state index is 0.0287. The number of nitrogens with one attached hydrogen (secondary N) is 1. The van der Waals surface area contributed by atoms with Gasteiger partial charge < -0.3 is 15.2 Å². The molecule has 1 aromatic rings. The molecule has 0 aromatic carbocycles. The Morgan fingerprint density at radius 1 is 1.50 bits per heavy atom. The highest BCUT2D eigenvalue weighted by Crippen LogP contribution is 2.02. The zero-order chi connectivity index (χ0) is 10.2. The van der Waals surface area contributed by atoms with E-state index in [4.69, 9.17) is 21.4 Å². The van der Waals surface area contributed by atoms with Crippen LogP contribution in [0.4, 0.5) is 5.82 Å². The van der Waals surface area contributed by atoms with Gasteiger partial charge in [0, 0.05) is 6.54 Å². The molecule has 0 bridgehead atoms. The third-order valence-corrected chi connectivity index (χ3v) is 1.48. The molecule has 1 heterocycles. The van der Waals surface area contributed by atoms with Gasteiger partial charge in [0.2, 0.25) is 5.28 Å². The summed E-state index contributed by atoms with van der Waals surface area (Å²) in [5.41, 5.74) is 0. The first-order valence-electron chi connectivity index (χ1n) is 4.10. The minimum Gasteiger partial charge on any atom is -0.394 e. The van der Waals surface area contributed by atoms with Gasteiger partial charge in [0.25, 0.3) is 0 Å². The van der Waals surface area contributed by atoms with Gasteiger partial charge in [-0.3, -0.25) is 0 Å². The summed E-state index contributed by atoms with van der Waals surface area (Å²) >= 11 is 5.52. The monoisotopic (exact) mass is 218 g/mol. The highest BCUT2D eigenvalue weighted by molar-refractivity contribution is 6.28. The Morgan fingerprint density at radius 3 is 3.07 bits per heavy atom. The van der Waals surface area contributed by atoms with Gasteiger partial charge in [-0.05, 0) is 11.6 Å². The maximum absolute atomic E-state index is 8.43. The van der Waals surface area contributed by atoms with Crippen LogP contribution in [0.1, 0.15) is 0 Å². The molecule has 2 N–H and O–H groups in total. The fourth-order valence-electron chi connectivity index (χ4n) is 0.785. The number of hydrogen-bond acceptors (Lipinski definition) is 6. The van der Waals surface area contributed by atoms with Crippen LogP contribution in [0.2, 0.25) is 5.28 Å². The van der Waals surface area contributed by atoms with Crippen molar-refractivity contribution in [1.29, 1.82) is 0 Å². The van der Waals surface area contributed by atoms with Gasteiger partial charge in [0.05, 0.1) is 26.0 Å². The summed E-state index contributed by atoms with van der Waals surface area (Å²) in [6.45, 7) is 1.43. The predicted molar refractivity (Wildman–Crippen MR) is 51.2 cm³/mol. The van der Waals surface area contributed by atoms with E-state index in [9.17, 15) is 0 Å². The van der Waals surface area contributed by atoms with Crippen molar-refractivity contribution < 1.29 is 9.84 Å². The fourth-order valence-corrected chi connectivity index (χ4v) is 0.920. The first-order valence-corrected chi connectivity index (χ1v) is 4.48. The van der Waals surface area contributed by atoms with Crippen LogP contribution in [0.15, 0.2) is 6.20 Å². The molecule has 7 heteroatoms. The molecule has 0 spiro atoms. The van der Waals surface area contributed by atoms with Gasteiger partial charge >= 0.3 is 0 Å². The molecule has 1 aromatic heterocycles. The second kappa shape index (κ2) is 6.47. The van der Waals surface area contributed by atoms with Crippen LogP contribution in [0.25, 0.3) is 0 Å². The molecule has 0 radical (unpaired) electrons. The van der Waals surface area contributed by atoms with E-state index in [0.717, 1.165) is 0 Å². The van der Waals surface area contributed by atoms with E-state index in [1.54, 1.807) is 0 Å². The van der Waals surface area contributed by atoms with Crippen LogP contribution in [0, 0.1) is 0 Å². The number of nitrogens with zero attached hydrogens (tertiary/aromatic N) is 3. The van der Waals surface area contributed by atoms with E-state index in [2.05, 4.69) is 20.5 Å². The molecule has 0 saturated heterocycles. The van der Waals surface area contributed by atoms with Gasteiger partial charge in [0.1, 0.15) is 5.82 Å². The van der Waals surface area contributed by atoms with Crippen LogP contribution in [-0.2, 0) is 4.74 Å². The van der Waals surface area contributed by atoms with Gasteiger partial charge in [-0.25, -0.2) is 0 Å². The van der Waals surface area contributed by atoms with Gasteiger partial charge in [-0.15, -0.1) is 5.10 Å². The molecule has 0 aliphatic rings. The first kappa shape index (κ1) is 11.1. The Bertz CT molecular complexity index is 274. The van der Waals surface area contributed by atoms with Crippen molar-refractivity contribution >= 4 is 17.4 Å². The van der Waals surface area contributed by atoms with E-state index in [1.165, 1.54) is 6.20 Å². The summed E-state index contributed by atoms with van der Waals surface area (Å²) in [6, 6.07) is 0. The molecule has 0 aliphatic heterocycles. The maximum Gasteiger partial charge on any atom is 0.244 e. The number of ether oxygens (including phenoxy) is 1. The number of aliphatic hydroxyl groups is 1. The summed E-state index contributed by atoms with van der Waals surface area (Å²) in [5, 5.41) is 18.6.